The number of aromatic amines is 1. The Kier molecular flexibility index (Phi) is 5.18. The van der Waals surface area contributed by atoms with E-state index in [4.69, 9.17) is 0 Å². The van der Waals surface area contributed by atoms with Crippen LogP contribution in [0.1, 0.15) is 44.6 Å². The second-order valence-corrected chi connectivity index (χ2v) is 6.66. The van der Waals surface area contributed by atoms with E-state index >= 15 is 0 Å². The zero-order valence-corrected chi connectivity index (χ0v) is 14.1. The number of carbonyl (C=O) groups is 2. The number of hydrogen-bond donors (Lipinski definition) is 3. The zero-order valence-electron chi connectivity index (χ0n) is 14.1. The van der Waals surface area contributed by atoms with E-state index in [0.717, 1.165) is 42.1 Å². The highest BCUT2D eigenvalue weighted by molar-refractivity contribution is 5.89. The minimum atomic E-state index is -0.538. The average Bonchev–Trinajstić information content (AvgIpc) is 2.98. The summed E-state index contributed by atoms with van der Waals surface area (Å²) in [5.74, 6) is -0.263. The largest absolute Gasteiger partial charge is 0.361 e. The number of fused-ring (bicyclic) bond motifs is 1. The number of carbonyl (C=O) groups excluding carboxylic acids is 2. The number of rotatable bonds is 5. The van der Waals surface area contributed by atoms with Crippen molar-refractivity contribution >= 4 is 22.7 Å². The molecule has 0 spiro atoms. The lowest BCUT2D eigenvalue weighted by Crippen LogP contribution is -2.50. The van der Waals surface area contributed by atoms with Gasteiger partial charge < -0.3 is 15.6 Å². The van der Waals surface area contributed by atoms with Crippen molar-refractivity contribution in [2.24, 2.45) is 0 Å². The fraction of sp³-hybridized carbons (Fsp3) is 0.474. The quantitative estimate of drug-likeness (QED) is 0.790. The summed E-state index contributed by atoms with van der Waals surface area (Å²) in [6.07, 6.45) is 8.06. The summed E-state index contributed by atoms with van der Waals surface area (Å²) < 4.78 is 0. The fourth-order valence-corrected chi connectivity index (χ4v) is 3.52. The Balaban J connectivity index is 1.73. The van der Waals surface area contributed by atoms with Gasteiger partial charge in [-0.2, -0.15) is 0 Å². The van der Waals surface area contributed by atoms with Gasteiger partial charge in [-0.15, -0.1) is 0 Å². The summed E-state index contributed by atoms with van der Waals surface area (Å²) in [6, 6.07) is 7.70. The molecule has 1 aliphatic rings. The molecular weight excluding hydrogens is 302 g/mol. The van der Waals surface area contributed by atoms with Crippen LogP contribution in [0.3, 0.4) is 0 Å². The number of amides is 2. The average molecular weight is 327 g/mol. The number of benzene rings is 1. The van der Waals surface area contributed by atoms with E-state index in [1.807, 2.05) is 30.5 Å². The Labute approximate surface area is 142 Å². The van der Waals surface area contributed by atoms with E-state index in [9.17, 15) is 9.59 Å². The molecule has 1 aromatic heterocycles. The summed E-state index contributed by atoms with van der Waals surface area (Å²) in [4.78, 5) is 27.4. The van der Waals surface area contributed by atoms with Crippen LogP contribution in [-0.4, -0.2) is 28.9 Å². The lowest BCUT2D eigenvalue weighted by molar-refractivity contribution is -0.128. The molecule has 3 rings (SSSR count). The Morgan fingerprint density at radius 2 is 1.96 bits per heavy atom. The standard InChI is InChI=1S/C19H25N3O2/c1-13(23)21-18(19(24)22-15-7-3-2-4-8-15)11-14-12-20-17-10-6-5-9-16(14)17/h5-6,9-10,12,15,18,20H,2-4,7-8,11H2,1H3,(H,21,23)(H,22,24). The summed E-state index contributed by atoms with van der Waals surface area (Å²) in [6.45, 7) is 1.45. The number of H-pyrrole nitrogens is 1. The van der Waals surface area contributed by atoms with E-state index in [1.165, 1.54) is 13.3 Å². The predicted octanol–water partition coefficient (Wildman–Crippen LogP) is 2.66. The summed E-state index contributed by atoms with van der Waals surface area (Å²) >= 11 is 0. The minimum absolute atomic E-state index is 0.0811. The first-order chi connectivity index (χ1) is 11.6. The maximum absolute atomic E-state index is 12.7. The third kappa shape index (κ3) is 3.96. The molecule has 1 atom stereocenters. The van der Waals surface area contributed by atoms with Gasteiger partial charge in [0.2, 0.25) is 11.8 Å². The molecule has 24 heavy (non-hydrogen) atoms. The van der Waals surface area contributed by atoms with E-state index in [2.05, 4.69) is 15.6 Å². The minimum Gasteiger partial charge on any atom is -0.361 e. The maximum atomic E-state index is 12.7. The first kappa shape index (κ1) is 16.6. The van der Waals surface area contributed by atoms with Crippen LogP contribution in [0.25, 0.3) is 10.9 Å². The highest BCUT2D eigenvalue weighted by Gasteiger charge is 2.24. The van der Waals surface area contributed by atoms with Gasteiger partial charge in [-0.25, -0.2) is 0 Å². The van der Waals surface area contributed by atoms with Gasteiger partial charge in [-0.3, -0.25) is 9.59 Å². The van der Waals surface area contributed by atoms with Gasteiger partial charge in [-0.1, -0.05) is 37.5 Å². The molecule has 0 bridgehead atoms. The van der Waals surface area contributed by atoms with Gasteiger partial charge in [0.05, 0.1) is 0 Å². The molecule has 5 heteroatoms. The van der Waals surface area contributed by atoms with E-state index in [-0.39, 0.29) is 17.9 Å². The van der Waals surface area contributed by atoms with Crippen molar-refractivity contribution in [3.63, 3.8) is 0 Å². The molecule has 1 unspecified atom stereocenters. The van der Waals surface area contributed by atoms with Gasteiger partial charge in [0.1, 0.15) is 6.04 Å². The Morgan fingerprint density at radius 3 is 2.71 bits per heavy atom. The molecule has 0 radical (unpaired) electrons. The fourth-order valence-electron chi connectivity index (χ4n) is 3.52. The van der Waals surface area contributed by atoms with Gasteiger partial charge in [0.15, 0.2) is 0 Å². The van der Waals surface area contributed by atoms with Crippen molar-refractivity contribution < 1.29 is 9.59 Å². The third-order valence-electron chi connectivity index (χ3n) is 4.74. The van der Waals surface area contributed by atoms with Crippen LogP contribution >= 0.6 is 0 Å². The van der Waals surface area contributed by atoms with Crippen LogP contribution in [0.5, 0.6) is 0 Å². The molecule has 128 valence electrons. The number of para-hydroxylation sites is 1. The molecule has 1 saturated carbocycles. The first-order valence-corrected chi connectivity index (χ1v) is 8.76. The number of hydrogen-bond acceptors (Lipinski definition) is 2. The Bertz CT molecular complexity index is 716. The predicted molar refractivity (Wildman–Crippen MR) is 94.6 cm³/mol. The third-order valence-corrected chi connectivity index (χ3v) is 4.74. The van der Waals surface area contributed by atoms with E-state index in [0.29, 0.717) is 6.42 Å². The highest BCUT2D eigenvalue weighted by Crippen LogP contribution is 2.20. The van der Waals surface area contributed by atoms with Gasteiger partial charge in [0, 0.05) is 36.5 Å². The van der Waals surface area contributed by atoms with Gasteiger partial charge in [0.25, 0.3) is 0 Å². The van der Waals surface area contributed by atoms with Crippen molar-refractivity contribution in [3.05, 3.63) is 36.0 Å². The Hall–Kier alpha value is -2.30. The SMILES string of the molecule is CC(=O)NC(Cc1c[nH]c2ccccc12)C(=O)NC1CCCCC1. The molecule has 1 aromatic carbocycles. The van der Waals surface area contributed by atoms with Crippen LogP contribution in [0.4, 0.5) is 0 Å². The lowest BCUT2D eigenvalue weighted by Gasteiger charge is -2.25. The molecule has 0 aliphatic heterocycles. The van der Waals surface area contributed by atoms with Crippen molar-refractivity contribution in [1.82, 2.24) is 15.6 Å². The molecule has 1 aliphatic carbocycles. The van der Waals surface area contributed by atoms with Crippen LogP contribution in [0.15, 0.2) is 30.5 Å². The lowest BCUT2D eigenvalue weighted by atomic mass is 9.95. The monoisotopic (exact) mass is 327 g/mol. The molecule has 1 heterocycles. The van der Waals surface area contributed by atoms with Crippen LogP contribution < -0.4 is 10.6 Å². The summed E-state index contributed by atoms with van der Waals surface area (Å²) in [7, 11) is 0. The molecule has 3 N–H and O–H groups in total. The second kappa shape index (κ2) is 7.51. The Morgan fingerprint density at radius 1 is 1.21 bits per heavy atom. The molecule has 2 aromatic rings. The molecule has 2 amide bonds. The number of aromatic nitrogens is 1. The topological polar surface area (TPSA) is 74.0 Å². The van der Waals surface area contributed by atoms with Crippen LogP contribution in [0.2, 0.25) is 0 Å². The molecule has 1 fully saturated rings. The number of nitrogens with one attached hydrogen (secondary N) is 3. The maximum Gasteiger partial charge on any atom is 0.243 e. The molecule has 5 nitrogen and oxygen atoms in total. The zero-order chi connectivity index (χ0) is 16.9. The second-order valence-electron chi connectivity index (χ2n) is 6.66. The van der Waals surface area contributed by atoms with Crippen molar-refractivity contribution in [3.8, 4) is 0 Å². The van der Waals surface area contributed by atoms with E-state index in [1.54, 1.807) is 0 Å². The van der Waals surface area contributed by atoms with Crippen molar-refractivity contribution in [2.75, 3.05) is 0 Å². The van der Waals surface area contributed by atoms with Crippen molar-refractivity contribution in [1.29, 1.82) is 0 Å². The van der Waals surface area contributed by atoms with E-state index < -0.39 is 6.04 Å². The summed E-state index contributed by atoms with van der Waals surface area (Å²) in [5, 5.41) is 7.02. The van der Waals surface area contributed by atoms with Gasteiger partial charge in [-0.05, 0) is 24.5 Å². The molecule has 0 saturated heterocycles. The summed E-state index contributed by atoms with van der Waals surface area (Å²) in [5.41, 5.74) is 2.09. The smallest absolute Gasteiger partial charge is 0.243 e. The van der Waals surface area contributed by atoms with Crippen molar-refractivity contribution in [2.45, 2.75) is 57.5 Å². The normalized spacial score (nSPS) is 16.7. The first-order valence-electron chi connectivity index (χ1n) is 8.76. The van der Waals surface area contributed by atoms with Gasteiger partial charge >= 0.3 is 0 Å². The highest BCUT2D eigenvalue weighted by atomic mass is 16.2. The van der Waals surface area contributed by atoms with Crippen LogP contribution in [-0.2, 0) is 16.0 Å². The molecular formula is C19H25N3O2. The van der Waals surface area contributed by atoms with Crippen LogP contribution in [0, 0.1) is 0 Å².